The van der Waals surface area contributed by atoms with Crippen LogP contribution in [-0.4, -0.2) is 25.2 Å². The van der Waals surface area contributed by atoms with Gasteiger partial charge in [0.2, 0.25) is 5.91 Å². The number of hydrogen-bond donors (Lipinski definition) is 1. The second kappa shape index (κ2) is 11.5. The minimum absolute atomic E-state index is 0.103. The standard InChI is InChI=1S/C15H31NO2/c1-13(2)15(17)16-11-9-7-5-6-8-10-12-18-14(3)4/h13-14H,5-12H2,1-4H3,(H,16,17). The minimum atomic E-state index is 0.103. The number of nitrogens with one attached hydrogen (secondary N) is 1. The molecule has 0 saturated heterocycles. The SMILES string of the molecule is CC(C)OCCCCCCCCNC(=O)C(C)C. The zero-order valence-corrected chi connectivity index (χ0v) is 12.6. The molecule has 18 heavy (non-hydrogen) atoms. The van der Waals surface area contributed by atoms with Crippen LogP contribution < -0.4 is 5.32 Å². The van der Waals surface area contributed by atoms with Gasteiger partial charge in [0, 0.05) is 19.1 Å². The number of hydrogen-bond acceptors (Lipinski definition) is 2. The van der Waals surface area contributed by atoms with Gasteiger partial charge < -0.3 is 10.1 Å². The van der Waals surface area contributed by atoms with Gasteiger partial charge in [0.15, 0.2) is 0 Å². The van der Waals surface area contributed by atoms with E-state index in [1.165, 1.54) is 32.1 Å². The Morgan fingerprint density at radius 3 is 2.06 bits per heavy atom. The van der Waals surface area contributed by atoms with E-state index in [0.717, 1.165) is 19.6 Å². The molecule has 0 aromatic heterocycles. The number of unbranched alkanes of at least 4 members (excludes halogenated alkanes) is 5. The molecule has 0 aliphatic rings. The summed E-state index contributed by atoms with van der Waals surface area (Å²) in [6.07, 6.45) is 7.63. The van der Waals surface area contributed by atoms with Crippen LogP contribution in [0.15, 0.2) is 0 Å². The Morgan fingerprint density at radius 1 is 0.944 bits per heavy atom. The van der Waals surface area contributed by atoms with Crippen molar-refractivity contribution in [3.8, 4) is 0 Å². The van der Waals surface area contributed by atoms with Gasteiger partial charge in [-0.3, -0.25) is 4.79 Å². The average molecular weight is 257 g/mol. The molecule has 0 heterocycles. The predicted molar refractivity (Wildman–Crippen MR) is 76.6 cm³/mol. The van der Waals surface area contributed by atoms with Crippen molar-refractivity contribution in [3.63, 3.8) is 0 Å². The molecule has 108 valence electrons. The van der Waals surface area contributed by atoms with Gasteiger partial charge in [-0.05, 0) is 26.7 Å². The Balaban J connectivity index is 3.10. The quantitative estimate of drug-likeness (QED) is 0.575. The van der Waals surface area contributed by atoms with Crippen molar-refractivity contribution in [2.24, 2.45) is 5.92 Å². The highest BCUT2D eigenvalue weighted by Gasteiger charge is 2.04. The molecular formula is C15H31NO2. The van der Waals surface area contributed by atoms with Crippen LogP contribution in [0.2, 0.25) is 0 Å². The maximum Gasteiger partial charge on any atom is 0.222 e. The van der Waals surface area contributed by atoms with E-state index in [1.807, 2.05) is 13.8 Å². The van der Waals surface area contributed by atoms with Gasteiger partial charge in [0.1, 0.15) is 0 Å². The summed E-state index contributed by atoms with van der Waals surface area (Å²) in [4.78, 5) is 11.3. The van der Waals surface area contributed by atoms with Crippen LogP contribution in [0.25, 0.3) is 0 Å². The maximum atomic E-state index is 11.3. The smallest absolute Gasteiger partial charge is 0.222 e. The molecule has 0 aliphatic carbocycles. The lowest BCUT2D eigenvalue weighted by Gasteiger charge is -2.08. The Kier molecular flexibility index (Phi) is 11.2. The van der Waals surface area contributed by atoms with E-state index in [9.17, 15) is 4.79 Å². The first-order valence-electron chi connectivity index (χ1n) is 7.43. The first-order chi connectivity index (χ1) is 8.54. The second-order valence-electron chi connectivity index (χ2n) is 5.49. The van der Waals surface area contributed by atoms with Crippen molar-refractivity contribution in [3.05, 3.63) is 0 Å². The highest BCUT2D eigenvalue weighted by molar-refractivity contribution is 5.77. The summed E-state index contributed by atoms with van der Waals surface area (Å²) in [5, 5.41) is 2.95. The minimum Gasteiger partial charge on any atom is -0.379 e. The van der Waals surface area contributed by atoms with Crippen LogP contribution in [0.1, 0.15) is 66.2 Å². The van der Waals surface area contributed by atoms with Gasteiger partial charge >= 0.3 is 0 Å². The molecule has 0 rings (SSSR count). The third-order valence-corrected chi connectivity index (χ3v) is 2.85. The van der Waals surface area contributed by atoms with Crippen molar-refractivity contribution in [1.29, 1.82) is 0 Å². The first kappa shape index (κ1) is 17.4. The van der Waals surface area contributed by atoms with Crippen molar-refractivity contribution >= 4 is 5.91 Å². The monoisotopic (exact) mass is 257 g/mol. The average Bonchev–Trinajstić information content (AvgIpc) is 2.30. The first-order valence-corrected chi connectivity index (χ1v) is 7.43. The fourth-order valence-corrected chi connectivity index (χ4v) is 1.67. The summed E-state index contributed by atoms with van der Waals surface area (Å²) in [6, 6.07) is 0. The molecule has 0 aliphatic heterocycles. The zero-order chi connectivity index (χ0) is 13.8. The fourth-order valence-electron chi connectivity index (χ4n) is 1.67. The highest BCUT2D eigenvalue weighted by atomic mass is 16.5. The molecular weight excluding hydrogens is 226 g/mol. The van der Waals surface area contributed by atoms with Crippen molar-refractivity contribution < 1.29 is 9.53 Å². The summed E-state index contributed by atoms with van der Waals surface area (Å²) in [5.41, 5.74) is 0. The summed E-state index contributed by atoms with van der Waals surface area (Å²) >= 11 is 0. The number of amides is 1. The lowest BCUT2D eigenvalue weighted by Crippen LogP contribution is -2.28. The molecule has 0 fully saturated rings. The fraction of sp³-hybridized carbons (Fsp3) is 0.933. The molecule has 1 N–H and O–H groups in total. The number of carbonyl (C=O) groups is 1. The Bertz CT molecular complexity index is 203. The van der Waals surface area contributed by atoms with Gasteiger partial charge in [-0.25, -0.2) is 0 Å². The molecule has 3 nitrogen and oxygen atoms in total. The van der Waals surface area contributed by atoms with Crippen LogP contribution in [0.5, 0.6) is 0 Å². The van der Waals surface area contributed by atoms with Crippen LogP contribution in [0, 0.1) is 5.92 Å². The van der Waals surface area contributed by atoms with E-state index in [2.05, 4.69) is 19.2 Å². The van der Waals surface area contributed by atoms with Gasteiger partial charge in [-0.2, -0.15) is 0 Å². The molecule has 0 spiro atoms. The highest BCUT2D eigenvalue weighted by Crippen LogP contribution is 2.05. The largest absolute Gasteiger partial charge is 0.379 e. The molecule has 0 bridgehead atoms. The summed E-state index contributed by atoms with van der Waals surface area (Å²) in [5.74, 6) is 0.270. The summed E-state index contributed by atoms with van der Waals surface area (Å²) in [7, 11) is 0. The number of ether oxygens (including phenoxy) is 1. The zero-order valence-electron chi connectivity index (χ0n) is 12.6. The van der Waals surface area contributed by atoms with Crippen LogP contribution >= 0.6 is 0 Å². The van der Waals surface area contributed by atoms with E-state index in [4.69, 9.17) is 4.74 Å². The lowest BCUT2D eigenvalue weighted by atomic mass is 10.1. The Labute approximate surface area is 113 Å². The molecule has 3 heteroatoms. The van der Waals surface area contributed by atoms with Crippen LogP contribution in [0.4, 0.5) is 0 Å². The van der Waals surface area contributed by atoms with E-state index in [0.29, 0.717) is 6.10 Å². The Hall–Kier alpha value is -0.570. The van der Waals surface area contributed by atoms with E-state index >= 15 is 0 Å². The molecule has 0 unspecified atom stereocenters. The topological polar surface area (TPSA) is 38.3 Å². The molecule has 0 saturated carbocycles. The summed E-state index contributed by atoms with van der Waals surface area (Å²) < 4.78 is 5.49. The lowest BCUT2D eigenvalue weighted by molar-refractivity contribution is -0.123. The van der Waals surface area contributed by atoms with E-state index < -0.39 is 0 Å². The number of carbonyl (C=O) groups excluding carboxylic acids is 1. The molecule has 1 amide bonds. The van der Waals surface area contributed by atoms with Gasteiger partial charge in [0.25, 0.3) is 0 Å². The third kappa shape index (κ3) is 11.9. The van der Waals surface area contributed by atoms with Gasteiger partial charge in [0.05, 0.1) is 6.10 Å². The summed E-state index contributed by atoms with van der Waals surface area (Å²) in [6.45, 7) is 9.72. The van der Waals surface area contributed by atoms with Crippen molar-refractivity contribution in [2.45, 2.75) is 72.3 Å². The molecule has 0 aromatic carbocycles. The van der Waals surface area contributed by atoms with Crippen LogP contribution in [-0.2, 0) is 9.53 Å². The van der Waals surface area contributed by atoms with E-state index in [1.54, 1.807) is 0 Å². The molecule has 0 aromatic rings. The Morgan fingerprint density at radius 2 is 1.50 bits per heavy atom. The van der Waals surface area contributed by atoms with Gasteiger partial charge in [-0.1, -0.05) is 39.5 Å². The predicted octanol–water partition coefficient (Wildman–Crippen LogP) is 3.52. The number of rotatable bonds is 11. The maximum absolute atomic E-state index is 11.3. The van der Waals surface area contributed by atoms with E-state index in [-0.39, 0.29) is 11.8 Å². The third-order valence-electron chi connectivity index (χ3n) is 2.85. The normalized spacial score (nSPS) is 11.2. The van der Waals surface area contributed by atoms with Crippen LogP contribution in [0.3, 0.4) is 0 Å². The van der Waals surface area contributed by atoms with Gasteiger partial charge in [-0.15, -0.1) is 0 Å². The van der Waals surface area contributed by atoms with Crippen molar-refractivity contribution in [1.82, 2.24) is 5.32 Å². The molecule has 0 atom stereocenters. The molecule has 0 radical (unpaired) electrons. The van der Waals surface area contributed by atoms with Crippen molar-refractivity contribution in [2.75, 3.05) is 13.2 Å². The second-order valence-corrected chi connectivity index (χ2v) is 5.49.